The first-order valence-electron chi connectivity index (χ1n) is 9.15. The molecule has 0 bridgehead atoms. The summed E-state index contributed by atoms with van der Waals surface area (Å²) < 4.78 is 2.24. The Labute approximate surface area is 169 Å². The fourth-order valence-electron chi connectivity index (χ4n) is 3.38. The van der Waals surface area contributed by atoms with Crippen molar-refractivity contribution < 1.29 is 0 Å². The molecule has 0 spiro atoms. The first kappa shape index (κ1) is 18.1. The second kappa shape index (κ2) is 7.76. The molecule has 0 radical (unpaired) electrons. The van der Waals surface area contributed by atoms with Crippen molar-refractivity contribution in [2.75, 3.05) is 0 Å². The number of benzene rings is 3. The van der Waals surface area contributed by atoms with Crippen LogP contribution in [-0.4, -0.2) is 4.57 Å². The molecule has 136 valence electrons. The first-order chi connectivity index (χ1) is 13.6. The number of para-hydroxylation sites is 1. The lowest BCUT2D eigenvalue weighted by atomic mass is 10.0. The van der Waals surface area contributed by atoms with Gasteiger partial charge in [-0.15, -0.1) is 0 Å². The average molecular weight is 383 g/mol. The molecule has 0 saturated heterocycles. The molecule has 0 fully saturated rings. The minimum absolute atomic E-state index is 0.620. The van der Waals surface area contributed by atoms with Crippen LogP contribution in [0.1, 0.15) is 22.3 Å². The average Bonchev–Trinajstić information content (AvgIpc) is 3.06. The van der Waals surface area contributed by atoms with Crippen LogP contribution in [0.2, 0.25) is 5.02 Å². The van der Waals surface area contributed by atoms with E-state index in [2.05, 4.69) is 60.2 Å². The second-order valence-electron chi connectivity index (χ2n) is 6.89. The summed E-state index contributed by atoms with van der Waals surface area (Å²) in [5, 5.41) is 11.5. The molecule has 0 amide bonds. The van der Waals surface area contributed by atoms with Crippen LogP contribution in [0, 0.1) is 18.3 Å². The van der Waals surface area contributed by atoms with Crippen LogP contribution in [0.3, 0.4) is 0 Å². The molecule has 2 nitrogen and oxygen atoms in total. The maximum Gasteiger partial charge on any atom is 0.0998 e. The molecule has 28 heavy (non-hydrogen) atoms. The zero-order chi connectivity index (χ0) is 19.5. The van der Waals surface area contributed by atoms with Gasteiger partial charge in [-0.2, -0.15) is 5.26 Å². The van der Waals surface area contributed by atoms with Gasteiger partial charge in [0.2, 0.25) is 0 Å². The minimum Gasteiger partial charge on any atom is -0.342 e. The van der Waals surface area contributed by atoms with Crippen molar-refractivity contribution in [3.05, 3.63) is 106 Å². The summed E-state index contributed by atoms with van der Waals surface area (Å²) in [5.41, 5.74) is 6.18. The molecule has 3 aromatic carbocycles. The van der Waals surface area contributed by atoms with Gasteiger partial charge in [-0.1, -0.05) is 71.8 Å². The van der Waals surface area contributed by atoms with E-state index in [0.29, 0.717) is 10.6 Å². The van der Waals surface area contributed by atoms with Gasteiger partial charge in [-0.25, -0.2) is 0 Å². The molecule has 0 unspecified atom stereocenters. The summed E-state index contributed by atoms with van der Waals surface area (Å²) in [4.78, 5) is 0. The van der Waals surface area contributed by atoms with Gasteiger partial charge in [-0.3, -0.25) is 0 Å². The topological polar surface area (TPSA) is 28.7 Å². The van der Waals surface area contributed by atoms with E-state index < -0.39 is 0 Å². The van der Waals surface area contributed by atoms with E-state index in [1.807, 2.05) is 42.5 Å². The number of allylic oxidation sites excluding steroid dienone is 1. The monoisotopic (exact) mass is 382 g/mol. The maximum atomic E-state index is 9.69. The molecule has 3 heteroatoms. The molecule has 4 aromatic rings. The van der Waals surface area contributed by atoms with E-state index in [-0.39, 0.29) is 0 Å². The Hall–Kier alpha value is -3.28. The van der Waals surface area contributed by atoms with Crippen molar-refractivity contribution in [1.29, 1.82) is 5.26 Å². The summed E-state index contributed by atoms with van der Waals surface area (Å²) in [7, 11) is 0. The Balaban J connectivity index is 1.78. The van der Waals surface area contributed by atoms with Gasteiger partial charge in [0, 0.05) is 34.2 Å². The third-order valence-corrected chi connectivity index (χ3v) is 5.12. The number of aryl methyl sites for hydroxylation is 1. The molecule has 0 N–H and O–H groups in total. The van der Waals surface area contributed by atoms with E-state index in [4.69, 9.17) is 11.6 Å². The molecule has 4 rings (SSSR count). The Bertz CT molecular complexity index is 1190. The lowest BCUT2D eigenvalue weighted by molar-refractivity contribution is 0.836. The van der Waals surface area contributed by atoms with Crippen LogP contribution in [0.4, 0.5) is 0 Å². The van der Waals surface area contributed by atoms with Crippen LogP contribution >= 0.6 is 11.6 Å². The first-order valence-corrected chi connectivity index (χ1v) is 9.53. The van der Waals surface area contributed by atoms with E-state index in [0.717, 1.165) is 28.6 Å². The molecular formula is C25H19ClN2. The van der Waals surface area contributed by atoms with Crippen LogP contribution in [0.5, 0.6) is 0 Å². The number of hydrogen-bond acceptors (Lipinski definition) is 1. The summed E-state index contributed by atoms with van der Waals surface area (Å²) in [6, 6.07) is 26.6. The van der Waals surface area contributed by atoms with Crippen LogP contribution in [-0.2, 0) is 6.54 Å². The molecule has 0 aliphatic carbocycles. The van der Waals surface area contributed by atoms with Crippen molar-refractivity contribution in [3.63, 3.8) is 0 Å². The zero-order valence-electron chi connectivity index (χ0n) is 15.6. The van der Waals surface area contributed by atoms with E-state index in [1.54, 1.807) is 0 Å². The molecule has 1 heterocycles. The standard InChI is InChI=1S/C25H19ClN2/c1-18-6-8-19(9-7-18)16-28-17-22(24-4-2-3-5-25(24)28)14-21(15-27)20-10-12-23(26)13-11-20/h2-14,17H,16H2,1H3/b21-14-. The SMILES string of the molecule is Cc1ccc(Cn2cc(/C=C(/C#N)c3ccc(Cl)cc3)c3ccccc32)cc1. The molecular weight excluding hydrogens is 364 g/mol. The van der Waals surface area contributed by atoms with Crippen LogP contribution < -0.4 is 0 Å². The normalized spacial score (nSPS) is 11.5. The Morgan fingerprint density at radius 1 is 1.00 bits per heavy atom. The summed E-state index contributed by atoms with van der Waals surface area (Å²) in [5.74, 6) is 0. The number of rotatable bonds is 4. The predicted molar refractivity (Wildman–Crippen MR) is 117 cm³/mol. The highest BCUT2D eigenvalue weighted by molar-refractivity contribution is 6.30. The van der Waals surface area contributed by atoms with Gasteiger partial charge in [0.05, 0.1) is 11.6 Å². The Morgan fingerprint density at radius 2 is 1.71 bits per heavy atom. The fraction of sp³-hybridized carbons (Fsp3) is 0.0800. The number of nitrogens with zero attached hydrogens (tertiary/aromatic N) is 2. The summed E-state index contributed by atoms with van der Waals surface area (Å²) >= 11 is 5.98. The van der Waals surface area contributed by atoms with Crippen molar-refractivity contribution in [3.8, 4) is 6.07 Å². The summed E-state index contributed by atoms with van der Waals surface area (Å²) in [6.45, 7) is 2.88. The van der Waals surface area contributed by atoms with Crippen molar-refractivity contribution >= 4 is 34.2 Å². The third kappa shape index (κ3) is 3.71. The summed E-state index contributed by atoms with van der Waals surface area (Å²) in [6.07, 6.45) is 4.08. The highest BCUT2D eigenvalue weighted by Crippen LogP contribution is 2.27. The quantitative estimate of drug-likeness (QED) is 0.360. The molecule has 0 aliphatic heterocycles. The van der Waals surface area contributed by atoms with Gasteiger partial charge < -0.3 is 4.57 Å². The number of aromatic nitrogens is 1. The lowest BCUT2D eigenvalue weighted by Gasteiger charge is -2.06. The van der Waals surface area contributed by atoms with E-state index >= 15 is 0 Å². The van der Waals surface area contributed by atoms with Crippen LogP contribution in [0.15, 0.2) is 79.0 Å². The van der Waals surface area contributed by atoms with Crippen LogP contribution in [0.25, 0.3) is 22.6 Å². The van der Waals surface area contributed by atoms with E-state index in [1.165, 1.54) is 11.1 Å². The van der Waals surface area contributed by atoms with Gasteiger partial charge in [0.25, 0.3) is 0 Å². The van der Waals surface area contributed by atoms with Gasteiger partial charge in [0.1, 0.15) is 0 Å². The third-order valence-electron chi connectivity index (χ3n) is 4.87. The zero-order valence-corrected chi connectivity index (χ0v) is 16.3. The van der Waals surface area contributed by atoms with E-state index in [9.17, 15) is 5.26 Å². The molecule has 0 atom stereocenters. The predicted octanol–water partition coefficient (Wildman–Crippen LogP) is 6.72. The van der Waals surface area contributed by atoms with Crippen molar-refractivity contribution in [2.24, 2.45) is 0 Å². The highest BCUT2D eigenvalue weighted by Gasteiger charge is 2.09. The number of hydrogen-bond donors (Lipinski definition) is 0. The molecule has 0 aliphatic rings. The Morgan fingerprint density at radius 3 is 2.43 bits per heavy atom. The molecule has 1 aromatic heterocycles. The smallest absolute Gasteiger partial charge is 0.0998 e. The van der Waals surface area contributed by atoms with Crippen molar-refractivity contribution in [2.45, 2.75) is 13.5 Å². The minimum atomic E-state index is 0.620. The highest BCUT2D eigenvalue weighted by atomic mass is 35.5. The van der Waals surface area contributed by atoms with Crippen molar-refractivity contribution in [1.82, 2.24) is 4.57 Å². The lowest BCUT2D eigenvalue weighted by Crippen LogP contribution is -1.97. The van der Waals surface area contributed by atoms with Gasteiger partial charge in [0.15, 0.2) is 0 Å². The second-order valence-corrected chi connectivity index (χ2v) is 7.33. The van der Waals surface area contributed by atoms with Gasteiger partial charge >= 0.3 is 0 Å². The molecule has 0 saturated carbocycles. The Kier molecular flexibility index (Phi) is 5.02. The number of halogens is 1. The number of fused-ring (bicyclic) bond motifs is 1. The fourth-order valence-corrected chi connectivity index (χ4v) is 3.50. The van der Waals surface area contributed by atoms with Gasteiger partial charge in [-0.05, 0) is 42.3 Å². The largest absolute Gasteiger partial charge is 0.342 e. The maximum absolute atomic E-state index is 9.69. The number of nitriles is 1.